The standard InChI is InChI=1S/C18H24FN3O4S/c1-2-3-4-5-18(22(24)15-23)14-27(25,26)21-12-10-20(11-13-21)17-8-6-16(19)7-9-17/h6-9,15,18,24H,2-3,10-14H2,1H3. The van der Waals surface area contributed by atoms with E-state index in [4.69, 9.17) is 0 Å². The maximum atomic E-state index is 13.0. The summed E-state index contributed by atoms with van der Waals surface area (Å²) < 4.78 is 39.7. The Hall–Kier alpha value is -2.15. The van der Waals surface area contributed by atoms with Crippen molar-refractivity contribution in [1.29, 1.82) is 0 Å². The fraction of sp³-hybridized carbons (Fsp3) is 0.500. The average Bonchev–Trinajstić information content (AvgIpc) is 2.67. The molecule has 0 radical (unpaired) electrons. The summed E-state index contributed by atoms with van der Waals surface area (Å²) in [5, 5.41) is 9.93. The number of hydroxylamine groups is 2. The minimum Gasteiger partial charge on any atom is -0.369 e. The quantitative estimate of drug-likeness (QED) is 0.325. The summed E-state index contributed by atoms with van der Waals surface area (Å²) in [6, 6.07) is 4.95. The van der Waals surface area contributed by atoms with E-state index >= 15 is 0 Å². The van der Waals surface area contributed by atoms with Crippen LogP contribution in [0.25, 0.3) is 0 Å². The highest BCUT2D eigenvalue weighted by Gasteiger charge is 2.31. The zero-order chi connectivity index (χ0) is 19.9. The number of hydrogen-bond acceptors (Lipinski definition) is 5. The van der Waals surface area contributed by atoms with Gasteiger partial charge in [-0.3, -0.25) is 10.0 Å². The first-order valence-corrected chi connectivity index (χ1v) is 10.4. The highest BCUT2D eigenvalue weighted by molar-refractivity contribution is 7.89. The van der Waals surface area contributed by atoms with Crippen molar-refractivity contribution in [2.45, 2.75) is 25.8 Å². The van der Waals surface area contributed by atoms with Crippen LogP contribution in [0, 0.1) is 17.7 Å². The molecule has 0 aromatic heterocycles. The van der Waals surface area contributed by atoms with Gasteiger partial charge in [0.2, 0.25) is 16.4 Å². The highest BCUT2D eigenvalue weighted by atomic mass is 32.2. The van der Waals surface area contributed by atoms with Crippen LogP contribution < -0.4 is 4.90 Å². The molecule has 9 heteroatoms. The van der Waals surface area contributed by atoms with Crippen LogP contribution in [0.5, 0.6) is 0 Å². The highest BCUT2D eigenvalue weighted by Crippen LogP contribution is 2.18. The number of anilines is 1. The van der Waals surface area contributed by atoms with E-state index in [0.717, 1.165) is 12.1 Å². The topological polar surface area (TPSA) is 81.2 Å². The summed E-state index contributed by atoms with van der Waals surface area (Å²) in [7, 11) is -3.70. The fourth-order valence-electron chi connectivity index (χ4n) is 2.75. The molecule has 0 spiro atoms. The zero-order valence-corrected chi connectivity index (χ0v) is 16.0. The molecular formula is C18H24FN3O4S. The van der Waals surface area contributed by atoms with E-state index in [1.165, 1.54) is 16.4 Å². The van der Waals surface area contributed by atoms with Crippen LogP contribution in [0.3, 0.4) is 0 Å². The number of benzene rings is 1. The molecule has 1 heterocycles. The third kappa shape index (κ3) is 5.92. The van der Waals surface area contributed by atoms with E-state index in [2.05, 4.69) is 11.8 Å². The first-order valence-electron chi connectivity index (χ1n) is 8.76. The van der Waals surface area contributed by atoms with Gasteiger partial charge in [0, 0.05) is 38.3 Å². The van der Waals surface area contributed by atoms with Crippen molar-refractivity contribution in [2.75, 3.05) is 36.8 Å². The van der Waals surface area contributed by atoms with Gasteiger partial charge in [-0.2, -0.15) is 4.31 Å². The average molecular weight is 397 g/mol. The maximum Gasteiger partial charge on any atom is 0.234 e. The molecule has 1 atom stereocenters. The van der Waals surface area contributed by atoms with Crippen molar-refractivity contribution in [2.24, 2.45) is 0 Å². The molecule has 1 amide bonds. The summed E-state index contributed by atoms with van der Waals surface area (Å²) in [6.07, 6.45) is 1.51. The Labute approximate surface area is 159 Å². The molecule has 1 aromatic rings. The summed E-state index contributed by atoms with van der Waals surface area (Å²) in [5.74, 6) is 4.64. The van der Waals surface area contributed by atoms with Gasteiger partial charge in [0.15, 0.2) is 0 Å². The first kappa shape index (κ1) is 21.2. The maximum absolute atomic E-state index is 13.0. The number of unbranched alkanes of at least 4 members (excludes halogenated alkanes) is 1. The molecule has 7 nitrogen and oxygen atoms in total. The van der Waals surface area contributed by atoms with Gasteiger partial charge < -0.3 is 4.90 Å². The minimum absolute atomic E-state index is 0.160. The van der Waals surface area contributed by atoms with E-state index in [9.17, 15) is 22.8 Å². The number of hydrogen-bond donors (Lipinski definition) is 1. The van der Waals surface area contributed by atoms with Gasteiger partial charge in [-0.15, -0.1) is 5.92 Å². The van der Waals surface area contributed by atoms with E-state index < -0.39 is 21.8 Å². The van der Waals surface area contributed by atoms with E-state index in [1.807, 2.05) is 11.8 Å². The van der Waals surface area contributed by atoms with Crippen LogP contribution in [0.4, 0.5) is 10.1 Å². The number of amides is 1. The first-order chi connectivity index (χ1) is 12.9. The van der Waals surface area contributed by atoms with Gasteiger partial charge in [0.05, 0.1) is 5.75 Å². The molecule has 1 aromatic carbocycles. The third-order valence-corrected chi connectivity index (χ3v) is 6.15. The number of halogens is 1. The predicted molar refractivity (Wildman–Crippen MR) is 100 cm³/mol. The lowest BCUT2D eigenvalue weighted by Crippen LogP contribution is -2.51. The number of carbonyl (C=O) groups excluding carboxylic acids is 1. The largest absolute Gasteiger partial charge is 0.369 e. The molecule has 1 N–H and O–H groups in total. The molecule has 1 saturated heterocycles. The van der Waals surface area contributed by atoms with Crippen molar-refractivity contribution in [1.82, 2.24) is 9.37 Å². The Morgan fingerprint density at radius 1 is 1.26 bits per heavy atom. The van der Waals surface area contributed by atoms with Gasteiger partial charge in [0.25, 0.3) is 0 Å². The van der Waals surface area contributed by atoms with E-state index in [0.29, 0.717) is 24.6 Å². The second-order valence-corrected chi connectivity index (χ2v) is 8.23. The lowest BCUT2D eigenvalue weighted by Gasteiger charge is -2.36. The van der Waals surface area contributed by atoms with Crippen LogP contribution in [0.1, 0.15) is 19.8 Å². The Balaban J connectivity index is 2.01. The fourth-order valence-corrected chi connectivity index (χ4v) is 4.32. The summed E-state index contributed by atoms with van der Waals surface area (Å²) >= 11 is 0. The molecule has 1 aliphatic heterocycles. The Morgan fingerprint density at radius 3 is 2.44 bits per heavy atom. The third-order valence-electron chi connectivity index (χ3n) is 4.26. The van der Waals surface area contributed by atoms with Crippen LogP contribution in [-0.4, -0.2) is 67.4 Å². The molecule has 148 valence electrons. The lowest BCUT2D eigenvalue weighted by molar-refractivity contribution is -0.153. The van der Waals surface area contributed by atoms with Crippen molar-refractivity contribution in [3.05, 3.63) is 30.1 Å². The lowest BCUT2D eigenvalue weighted by atomic mass is 10.2. The second kappa shape index (κ2) is 9.69. The minimum atomic E-state index is -3.70. The van der Waals surface area contributed by atoms with Crippen molar-refractivity contribution in [3.8, 4) is 11.8 Å². The van der Waals surface area contributed by atoms with Crippen LogP contribution in [-0.2, 0) is 14.8 Å². The number of carbonyl (C=O) groups is 1. The van der Waals surface area contributed by atoms with Gasteiger partial charge >= 0.3 is 0 Å². The van der Waals surface area contributed by atoms with Gasteiger partial charge in [0.1, 0.15) is 11.9 Å². The van der Waals surface area contributed by atoms with Crippen LogP contribution in [0.2, 0.25) is 0 Å². The molecule has 0 aliphatic carbocycles. The number of sulfonamides is 1. The van der Waals surface area contributed by atoms with Crippen molar-refractivity contribution < 1.29 is 22.8 Å². The Bertz CT molecular complexity index is 781. The van der Waals surface area contributed by atoms with Crippen LogP contribution in [0.15, 0.2) is 24.3 Å². The number of nitrogens with zero attached hydrogens (tertiary/aromatic N) is 3. The van der Waals surface area contributed by atoms with Gasteiger partial charge in [-0.05, 0) is 30.7 Å². The normalized spacial score (nSPS) is 16.3. The Morgan fingerprint density at radius 2 is 1.89 bits per heavy atom. The molecule has 0 saturated carbocycles. The molecule has 1 fully saturated rings. The second-order valence-electron chi connectivity index (χ2n) is 6.21. The number of rotatable bonds is 7. The van der Waals surface area contributed by atoms with Crippen molar-refractivity contribution >= 4 is 22.1 Å². The zero-order valence-electron chi connectivity index (χ0n) is 15.2. The molecule has 1 aliphatic rings. The van der Waals surface area contributed by atoms with E-state index in [1.54, 1.807) is 12.1 Å². The smallest absolute Gasteiger partial charge is 0.234 e. The van der Waals surface area contributed by atoms with Crippen molar-refractivity contribution in [3.63, 3.8) is 0 Å². The summed E-state index contributed by atoms with van der Waals surface area (Å²) in [5.41, 5.74) is 0.833. The monoisotopic (exact) mass is 397 g/mol. The Kier molecular flexibility index (Phi) is 7.59. The molecule has 1 unspecified atom stereocenters. The SMILES string of the molecule is CCCC#CC(CS(=O)(=O)N1CCN(c2ccc(F)cc2)CC1)N(O)C=O. The molecule has 2 rings (SSSR count). The van der Waals surface area contributed by atoms with E-state index in [-0.39, 0.29) is 25.3 Å². The molecular weight excluding hydrogens is 373 g/mol. The predicted octanol–water partition coefficient (Wildman–Crippen LogP) is 1.30. The van der Waals surface area contributed by atoms with Crippen LogP contribution >= 0.6 is 0 Å². The van der Waals surface area contributed by atoms with Gasteiger partial charge in [-0.25, -0.2) is 17.9 Å². The molecule has 27 heavy (non-hydrogen) atoms. The van der Waals surface area contributed by atoms with Gasteiger partial charge in [-0.1, -0.05) is 12.8 Å². The molecule has 0 bridgehead atoms. The number of piperazine rings is 1. The summed E-state index contributed by atoms with van der Waals surface area (Å²) in [6.45, 7) is 3.39. The summed E-state index contributed by atoms with van der Waals surface area (Å²) in [4.78, 5) is 12.8.